The maximum atomic E-state index is 4.30. The van der Waals surface area contributed by atoms with Crippen LogP contribution in [-0.2, 0) is 6.54 Å². The van der Waals surface area contributed by atoms with Crippen LogP contribution in [0.5, 0.6) is 0 Å². The molecular formula is C18H16BrN3. The molecule has 3 nitrogen and oxygen atoms in total. The lowest BCUT2D eigenvalue weighted by Crippen LogP contribution is -2.03. The Morgan fingerprint density at radius 2 is 1.55 bits per heavy atom. The van der Waals surface area contributed by atoms with Crippen LogP contribution >= 0.6 is 15.9 Å². The highest BCUT2D eigenvalue weighted by Gasteiger charge is 2.04. The number of hydrogen-bond acceptors (Lipinski definition) is 3. The highest BCUT2D eigenvalue weighted by atomic mass is 79.9. The monoisotopic (exact) mass is 353 g/mol. The van der Waals surface area contributed by atoms with Crippen molar-refractivity contribution in [2.24, 2.45) is 0 Å². The third-order valence-corrected chi connectivity index (χ3v) is 4.06. The fraction of sp³-hybridized carbons (Fsp3) is 0.0556. The molecule has 0 aliphatic carbocycles. The fourth-order valence-corrected chi connectivity index (χ4v) is 2.58. The van der Waals surface area contributed by atoms with E-state index in [-0.39, 0.29) is 0 Å². The van der Waals surface area contributed by atoms with Gasteiger partial charge in [-0.25, -0.2) is 4.98 Å². The van der Waals surface area contributed by atoms with E-state index in [9.17, 15) is 0 Å². The molecule has 2 N–H and O–H groups in total. The van der Waals surface area contributed by atoms with E-state index in [0.29, 0.717) is 0 Å². The molecule has 3 rings (SSSR count). The SMILES string of the molecule is Brc1ccccc1CNc1ccccc1Nc1ccccn1. The number of halogens is 1. The summed E-state index contributed by atoms with van der Waals surface area (Å²) in [5.41, 5.74) is 3.27. The summed E-state index contributed by atoms with van der Waals surface area (Å²) in [7, 11) is 0. The number of anilines is 3. The number of hydrogen-bond donors (Lipinski definition) is 2. The molecule has 2 aromatic carbocycles. The van der Waals surface area contributed by atoms with Gasteiger partial charge in [0.25, 0.3) is 0 Å². The first-order chi connectivity index (χ1) is 10.8. The lowest BCUT2D eigenvalue weighted by Gasteiger charge is -2.14. The summed E-state index contributed by atoms with van der Waals surface area (Å²) >= 11 is 3.58. The van der Waals surface area contributed by atoms with Gasteiger partial charge in [0.2, 0.25) is 0 Å². The number of benzene rings is 2. The lowest BCUT2D eigenvalue weighted by atomic mass is 10.2. The molecule has 4 heteroatoms. The molecule has 0 bridgehead atoms. The van der Waals surface area contributed by atoms with Gasteiger partial charge in [-0.2, -0.15) is 0 Å². The van der Waals surface area contributed by atoms with E-state index >= 15 is 0 Å². The van der Waals surface area contributed by atoms with Crippen molar-refractivity contribution in [2.75, 3.05) is 10.6 Å². The molecule has 1 heterocycles. The Bertz CT molecular complexity index is 744. The van der Waals surface area contributed by atoms with Crippen molar-refractivity contribution in [1.29, 1.82) is 0 Å². The third-order valence-electron chi connectivity index (χ3n) is 3.28. The first-order valence-electron chi connectivity index (χ1n) is 7.07. The van der Waals surface area contributed by atoms with Gasteiger partial charge in [-0.1, -0.05) is 52.3 Å². The molecule has 0 spiro atoms. The zero-order valence-electron chi connectivity index (χ0n) is 12.0. The quantitative estimate of drug-likeness (QED) is 0.661. The van der Waals surface area contributed by atoms with Crippen LogP contribution in [0.3, 0.4) is 0 Å². The minimum Gasteiger partial charge on any atom is -0.379 e. The molecule has 1 aromatic heterocycles. The molecule has 0 fully saturated rings. The van der Waals surface area contributed by atoms with Gasteiger partial charge >= 0.3 is 0 Å². The summed E-state index contributed by atoms with van der Waals surface area (Å²) in [4.78, 5) is 4.30. The van der Waals surface area contributed by atoms with Gasteiger partial charge in [-0.05, 0) is 35.9 Å². The second-order valence-electron chi connectivity index (χ2n) is 4.83. The number of nitrogens with one attached hydrogen (secondary N) is 2. The molecular weight excluding hydrogens is 338 g/mol. The molecule has 22 heavy (non-hydrogen) atoms. The molecule has 0 aliphatic rings. The Hall–Kier alpha value is -2.33. The molecule has 0 atom stereocenters. The summed E-state index contributed by atoms with van der Waals surface area (Å²) in [6.45, 7) is 0.752. The van der Waals surface area contributed by atoms with Gasteiger partial charge in [0, 0.05) is 17.2 Å². The van der Waals surface area contributed by atoms with Gasteiger partial charge in [0.15, 0.2) is 0 Å². The van der Waals surface area contributed by atoms with Crippen molar-refractivity contribution in [3.8, 4) is 0 Å². The number of aromatic nitrogens is 1. The normalized spacial score (nSPS) is 10.2. The van der Waals surface area contributed by atoms with Crippen LogP contribution < -0.4 is 10.6 Å². The van der Waals surface area contributed by atoms with Crippen LogP contribution in [0.2, 0.25) is 0 Å². The average Bonchev–Trinajstić information content (AvgIpc) is 2.56. The molecule has 0 saturated heterocycles. The highest BCUT2D eigenvalue weighted by Crippen LogP contribution is 2.25. The van der Waals surface area contributed by atoms with Crippen LogP contribution in [-0.4, -0.2) is 4.98 Å². The number of rotatable bonds is 5. The number of pyridine rings is 1. The van der Waals surface area contributed by atoms with E-state index < -0.39 is 0 Å². The standard InChI is InChI=1S/C18H16BrN3/c19-15-8-2-1-7-14(15)13-21-16-9-3-4-10-17(16)22-18-11-5-6-12-20-18/h1-12,21H,13H2,(H,20,22). The Balaban J connectivity index is 1.75. The van der Waals surface area contributed by atoms with E-state index in [2.05, 4.69) is 49.7 Å². The van der Waals surface area contributed by atoms with Gasteiger partial charge < -0.3 is 10.6 Å². The predicted octanol–water partition coefficient (Wildman–Crippen LogP) is 5.20. The van der Waals surface area contributed by atoms with E-state index in [1.165, 1.54) is 5.56 Å². The number of para-hydroxylation sites is 2. The minimum atomic E-state index is 0.752. The molecule has 0 radical (unpaired) electrons. The third kappa shape index (κ3) is 3.65. The summed E-state index contributed by atoms with van der Waals surface area (Å²) in [6, 6.07) is 22.2. The van der Waals surface area contributed by atoms with E-state index in [1.54, 1.807) is 6.20 Å². The van der Waals surface area contributed by atoms with Crippen molar-refractivity contribution in [2.45, 2.75) is 6.54 Å². The Kier molecular flexibility index (Phi) is 4.71. The zero-order valence-corrected chi connectivity index (χ0v) is 13.5. The smallest absolute Gasteiger partial charge is 0.130 e. The summed E-state index contributed by atoms with van der Waals surface area (Å²) in [5, 5.41) is 6.81. The second kappa shape index (κ2) is 7.09. The fourth-order valence-electron chi connectivity index (χ4n) is 2.15. The zero-order chi connectivity index (χ0) is 15.2. The average molecular weight is 354 g/mol. The molecule has 0 unspecified atom stereocenters. The van der Waals surface area contributed by atoms with Gasteiger partial charge in [-0.3, -0.25) is 0 Å². The topological polar surface area (TPSA) is 37.0 Å². The predicted molar refractivity (Wildman–Crippen MR) is 95.4 cm³/mol. The van der Waals surface area contributed by atoms with Crippen LogP contribution in [0, 0.1) is 0 Å². The highest BCUT2D eigenvalue weighted by molar-refractivity contribution is 9.10. The van der Waals surface area contributed by atoms with Crippen LogP contribution in [0.1, 0.15) is 5.56 Å². The van der Waals surface area contributed by atoms with E-state index in [4.69, 9.17) is 0 Å². The molecule has 0 amide bonds. The first kappa shape index (κ1) is 14.6. The second-order valence-corrected chi connectivity index (χ2v) is 5.68. The van der Waals surface area contributed by atoms with Crippen molar-refractivity contribution in [3.05, 3.63) is 83.0 Å². The maximum Gasteiger partial charge on any atom is 0.130 e. The molecule has 110 valence electrons. The van der Waals surface area contributed by atoms with E-state index in [0.717, 1.165) is 28.2 Å². The summed E-state index contributed by atoms with van der Waals surface area (Å²) in [6.07, 6.45) is 1.78. The largest absolute Gasteiger partial charge is 0.379 e. The van der Waals surface area contributed by atoms with Gasteiger partial charge in [0.05, 0.1) is 11.4 Å². The molecule has 0 aliphatic heterocycles. The van der Waals surface area contributed by atoms with Gasteiger partial charge in [-0.15, -0.1) is 0 Å². The van der Waals surface area contributed by atoms with Crippen LogP contribution in [0.4, 0.5) is 17.2 Å². The van der Waals surface area contributed by atoms with Crippen molar-refractivity contribution < 1.29 is 0 Å². The summed E-state index contributed by atoms with van der Waals surface area (Å²) in [5.74, 6) is 0.831. The minimum absolute atomic E-state index is 0.752. The first-order valence-corrected chi connectivity index (χ1v) is 7.86. The van der Waals surface area contributed by atoms with Crippen molar-refractivity contribution >= 4 is 33.1 Å². The maximum absolute atomic E-state index is 4.30. The van der Waals surface area contributed by atoms with Crippen LogP contribution in [0.25, 0.3) is 0 Å². The van der Waals surface area contributed by atoms with E-state index in [1.807, 2.05) is 48.5 Å². The Morgan fingerprint density at radius 1 is 0.818 bits per heavy atom. The van der Waals surface area contributed by atoms with Crippen molar-refractivity contribution in [1.82, 2.24) is 4.98 Å². The van der Waals surface area contributed by atoms with Gasteiger partial charge in [0.1, 0.15) is 5.82 Å². The Morgan fingerprint density at radius 3 is 2.32 bits per heavy atom. The van der Waals surface area contributed by atoms with Crippen LogP contribution in [0.15, 0.2) is 77.4 Å². The number of nitrogens with zero attached hydrogens (tertiary/aromatic N) is 1. The molecule has 0 saturated carbocycles. The van der Waals surface area contributed by atoms with Crippen molar-refractivity contribution in [3.63, 3.8) is 0 Å². The Labute approximate surface area is 138 Å². The summed E-state index contributed by atoms with van der Waals surface area (Å²) < 4.78 is 1.11. The molecule has 3 aromatic rings. The lowest BCUT2D eigenvalue weighted by molar-refractivity contribution is 1.14.